The van der Waals surface area contributed by atoms with E-state index in [-0.39, 0.29) is 5.41 Å². The van der Waals surface area contributed by atoms with Crippen molar-refractivity contribution in [1.82, 2.24) is 5.32 Å². The highest BCUT2D eigenvalue weighted by molar-refractivity contribution is 5.30. The Balaban J connectivity index is 1.80. The average molecular weight is 207 g/mol. The van der Waals surface area contributed by atoms with Gasteiger partial charge in [-0.2, -0.15) is 0 Å². The van der Waals surface area contributed by atoms with Crippen molar-refractivity contribution in [3.63, 3.8) is 0 Å². The van der Waals surface area contributed by atoms with Crippen LogP contribution >= 0.6 is 0 Å². The standard InChI is InChI=1S/C13H18FN/c14-11-6-13(7-11)9-15-8-12(13)10-4-2-1-3-5-10/h2,4-5,11-12,15H,1,3,6-9H2. The van der Waals surface area contributed by atoms with Crippen LogP contribution in [0.5, 0.6) is 0 Å². The summed E-state index contributed by atoms with van der Waals surface area (Å²) in [5.74, 6) is 0.570. The number of alkyl halides is 1. The molecule has 1 saturated carbocycles. The van der Waals surface area contributed by atoms with E-state index < -0.39 is 6.17 Å². The molecule has 0 aromatic carbocycles. The first kappa shape index (κ1) is 9.59. The minimum Gasteiger partial charge on any atom is -0.316 e. The summed E-state index contributed by atoms with van der Waals surface area (Å²) in [6.45, 7) is 2.06. The Kier molecular flexibility index (Phi) is 2.20. The molecular formula is C13H18FN. The molecule has 1 aliphatic heterocycles. The lowest BCUT2D eigenvalue weighted by atomic mass is 9.59. The SMILES string of the molecule is FC1CC2(CNCC2C2=CCCC=C2)C1. The Hall–Kier alpha value is -0.630. The first-order valence-electron chi connectivity index (χ1n) is 6.02. The summed E-state index contributed by atoms with van der Waals surface area (Å²) < 4.78 is 13.1. The molecule has 15 heavy (non-hydrogen) atoms. The van der Waals surface area contributed by atoms with E-state index in [1.165, 1.54) is 12.0 Å². The smallest absolute Gasteiger partial charge is 0.101 e. The van der Waals surface area contributed by atoms with Gasteiger partial charge in [0.1, 0.15) is 6.17 Å². The Morgan fingerprint density at radius 1 is 1.33 bits per heavy atom. The summed E-state index contributed by atoms with van der Waals surface area (Å²) in [5.41, 5.74) is 1.71. The second-order valence-electron chi connectivity index (χ2n) is 5.24. The van der Waals surface area contributed by atoms with Crippen LogP contribution in [0.4, 0.5) is 4.39 Å². The fraction of sp³-hybridized carbons (Fsp3) is 0.692. The number of hydrogen-bond acceptors (Lipinski definition) is 1. The third kappa shape index (κ3) is 1.46. The van der Waals surface area contributed by atoms with Crippen LogP contribution in [0.25, 0.3) is 0 Å². The van der Waals surface area contributed by atoms with Crippen molar-refractivity contribution in [2.24, 2.45) is 11.3 Å². The highest BCUT2D eigenvalue weighted by Crippen LogP contribution is 2.53. The lowest BCUT2D eigenvalue weighted by Gasteiger charge is -2.45. The highest BCUT2D eigenvalue weighted by atomic mass is 19.1. The van der Waals surface area contributed by atoms with Gasteiger partial charge < -0.3 is 5.32 Å². The van der Waals surface area contributed by atoms with Gasteiger partial charge in [0.05, 0.1) is 0 Å². The lowest BCUT2D eigenvalue weighted by molar-refractivity contribution is 0.0173. The molecule has 0 amide bonds. The third-order valence-corrected chi connectivity index (χ3v) is 4.25. The minimum absolute atomic E-state index is 0.257. The van der Waals surface area contributed by atoms with Crippen molar-refractivity contribution >= 4 is 0 Å². The summed E-state index contributed by atoms with van der Waals surface area (Å²) in [5, 5.41) is 3.44. The van der Waals surface area contributed by atoms with Crippen molar-refractivity contribution in [2.75, 3.05) is 13.1 Å². The molecule has 1 saturated heterocycles. The zero-order valence-electron chi connectivity index (χ0n) is 9.01. The summed E-state index contributed by atoms with van der Waals surface area (Å²) >= 11 is 0. The maximum absolute atomic E-state index is 13.1. The van der Waals surface area contributed by atoms with Crippen molar-refractivity contribution in [3.05, 3.63) is 23.8 Å². The van der Waals surface area contributed by atoms with E-state index in [2.05, 4.69) is 23.5 Å². The van der Waals surface area contributed by atoms with Gasteiger partial charge in [0.2, 0.25) is 0 Å². The molecule has 1 atom stereocenters. The number of nitrogens with one attached hydrogen (secondary N) is 1. The molecule has 3 rings (SSSR count). The molecule has 2 heteroatoms. The molecule has 3 aliphatic rings. The van der Waals surface area contributed by atoms with Crippen LogP contribution in [-0.4, -0.2) is 19.3 Å². The molecule has 0 aromatic rings. The number of hydrogen-bond donors (Lipinski definition) is 1. The van der Waals surface area contributed by atoms with Crippen molar-refractivity contribution in [3.8, 4) is 0 Å². The van der Waals surface area contributed by atoms with Gasteiger partial charge in [0, 0.05) is 19.0 Å². The molecule has 1 N–H and O–H groups in total. The molecule has 0 aromatic heterocycles. The van der Waals surface area contributed by atoms with E-state index in [1.807, 2.05) is 0 Å². The predicted octanol–water partition coefficient (Wildman–Crippen LogP) is 2.60. The average Bonchev–Trinajstić information content (AvgIpc) is 2.63. The quantitative estimate of drug-likeness (QED) is 0.697. The van der Waals surface area contributed by atoms with E-state index in [1.54, 1.807) is 0 Å². The van der Waals surface area contributed by atoms with Crippen LogP contribution in [0, 0.1) is 11.3 Å². The largest absolute Gasteiger partial charge is 0.316 e. The Bertz CT molecular complexity index is 312. The maximum Gasteiger partial charge on any atom is 0.101 e. The zero-order valence-corrected chi connectivity index (χ0v) is 9.01. The summed E-state index contributed by atoms with van der Waals surface area (Å²) in [4.78, 5) is 0. The van der Waals surface area contributed by atoms with Crippen molar-refractivity contribution in [1.29, 1.82) is 0 Å². The third-order valence-electron chi connectivity index (χ3n) is 4.25. The van der Waals surface area contributed by atoms with E-state index in [0.29, 0.717) is 5.92 Å². The van der Waals surface area contributed by atoms with Crippen molar-refractivity contribution < 1.29 is 4.39 Å². The molecule has 1 unspecified atom stereocenters. The Morgan fingerprint density at radius 3 is 2.87 bits per heavy atom. The number of allylic oxidation sites excluding steroid dienone is 3. The summed E-state index contributed by atoms with van der Waals surface area (Å²) in [7, 11) is 0. The van der Waals surface area contributed by atoms with Crippen LogP contribution in [0.15, 0.2) is 23.8 Å². The predicted molar refractivity (Wildman–Crippen MR) is 59.4 cm³/mol. The van der Waals surface area contributed by atoms with Crippen LogP contribution < -0.4 is 5.32 Å². The Labute approximate surface area is 90.4 Å². The van der Waals surface area contributed by atoms with E-state index in [9.17, 15) is 4.39 Å². The molecule has 0 bridgehead atoms. The van der Waals surface area contributed by atoms with Crippen LogP contribution in [0.3, 0.4) is 0 Å². The van der Waals surface area contributed by atoms with Crippen LogP contribution in [-0.2, 0) is 0 Å². The second kappa shape index (κ2) is 3.44. The zero-order chi connectivity index (χ0) is 10.3. The first-order valence-corrected chi connectivity index (χ1v) is 6.02. The second-order valence-corrected chi connectivity index (χ2v) is 5.24. The normalized spacial score (nSPS) is 44.2. The summed E-state index contributed by atoms with van der Waals surface area (Å²) in [6, 6.07) is 0. The summed E-state index contributed by atoms with van der Waals surface area (Å²) in [6.07, 6.45) is 10.2. The lowest BCUT2D eigenvalue weighted by Crippen LogP contribution is -2.45. The van der Waals surface area contributed by atoms with Gasteiger partial charge in [-0.15, -0.1) is 0 Å². The first-order chi connectivity index (χ1) is 7.30. The fourth-order valence-electron chi connectivity index (χ4n) is 3.42. The van der Waals surface area contributed by atoms with Crippen molar-refractivity contribution in [2.45, 2.75) is 31.9 Å². The molecule has 82 valence electrons. The molecular weight excluding hydrogens is 189 g/mol. The van der Waals surface area contributed by atoms with E-state index >= 15 is 0 Å². The van der Waals surface area contributed by atoms with Gasteiger partial charge in [-0.1, -0.05) is 18.2 Å². The van der Waals surface area contributed by atoms with Gasteiger partial charge in [-0.3, -0.25) is 0 Å². The fourth-order valence-corrected chi connectivity index (χ4v) is 3.42. The molecule has 2 fully saturated rings. The van der Waals surface area contributed by atoms with Gasteiger partial charge in [-0.25, -0.2) is 4.39 Å². The Morgan fingerprint density at radius 2 is 2.20 bits per heavy atom. The molecule has 0 radical (unpaired) electrons. The van der Waals surface area contributed by atoms with Gasteiger partial charge >= 0.3 is 0 Å². The highest BCUT2D eigenvalue weighted by Gasteiger charge is 2.53. The molecule has 1 nitrogen and oxygen atoms in total. The number of rotatable bonds is 1. The van der Waals surface area contributed by atoms with Gasteiger partial charge in [0.15, 0.2) is 0 Å². The van der Waals surface area contributed by atoms with Crippen LogP contribution in [0.1, 0.15) is 25.7 Å². The van der Waals surface area contributed by atoms with E-state index in [0.717, 1.165) is 32.4 Å². The van der Waals surface area contributed by atoms with Gasteiger partial charge in [0.25, 0.3) is 0 Å². The minimum atomic E-state index is -0.541. The number of halogens is 1. The maximum atomic E-state index is 13.1. The van der Waals surface area contributed by atoms with E-state index in [4.69, 9.17) is 0 Å². The molecule has 1 spiro atoms. The topological polar surface area (TPSA) is 12.0 Å². The molecule has 2 aliphatic carbocycles. The monoisotopic (exact) mass is 207 g/mol. The molecule has 1 heterocycles. The van der Waals surface area contributed by atoms with Crippen LogP contribution in [0.2, 0.25) is 0 Å². The van der Waals surface area contributed by atoms with Gasteiger partial charge in [-0.05, 0) is 36.7 Å².